The van der Waals surface area contributed by atoms with E-state index in [1.165, 1.54) is 4.57 Å². The monoisotopic (exact) mass is 240 g/mol. The van der Waals surface area contributed by atoms with Crippen molar-refractivity contribution in [1.29, 1.82) is 0 Å². The topological polar surface area (TPSA) is 50.7 Å². The Morgan fingerprint density at radius 1 is 1.53 bits per heavy atom. The summed E-state index contributed by atoms with van der Waals surface area (Å²) in [5.74, 6) is 0. The Morgan fingerprint density at radius 2 is 2.13 bits per heavy atom. The van der Waals surface area contributed by atoms with Crippen LogP contribution in [0.5, 0.6) is 0 Å². The van der Waals surface area contributed by atoms with Crippen molar-refractivity contribution in [3.05, 3.63) is 10.5 Å². The Labute approximate surface area is 88.3 Å². The zero-order valence-corrected chi connectivity index (χ0v) is 9.02. The lowest BCUT2D eigenvalue weighted by molar-refractivity contribution is 0.484. The number of hydrogen-bond donors (Lipinski definition) is 1. The summed E-state index contributed by atoms with van der Waals surface area (Å²) in [6, 6.07) is -0.209. The summed E-state index contributed by atoms with van der Waals surface area (Å²) >= 11 is 0.527. The first kappa shape index (κ1) is 12.2. The molecule has 4 nitrogen and oxygen atoms in total. The minimum absolute atomic E-state index is 0.0780. The van der Waals surface area contributed by atoms with E-state index in [1.54, 1.807) is 13.8 Å². The molecule has 0 aliphatic carbocycles. The van der Waals surface area contributed by atoms with Crippen LogP contribution in [0.15, 0.2) is 9.95 Å². The minimum atomic E-state index is -4.86. The first-order valence-corrected chi connectivity index (χ1v) is 5.30. The average Bonchev–Trinajstić information content (AvgIpc) is 2.42. The Balaban J connectivity index is 2.82. The molecule has 1 aromatic rings. The summed E-state index contributed by atoms with van der Waals surface area (Å²) in [5.41, 5.74) is -1.47. The van der Waals surface area contributed by atoms with Crippen molar-refractivity contribution >= 4 is 18.7 Å². The summed E-state index contributed by atoms with van der Waals surface area (Å²) in [4.78, 5) is 11.2. The van der Waals surface area contributed by atoms with Gasteiger partial charge in [0, 0.05) is 6.04 Å². The van der Waals surface area contributed by atoms with E-state index in [1.807, 2.05) is 0 Å². The van der Waals surface area contributed by atoms with Gasteiger partial charge in [-0.25, -0.2) is 9.89 Å². The lowest BCUT2D eigenvalue weighted by Crippen LogP contribution is -2.22. The molecule has 15 heavy (non-hydrogen) atoms. The molecule has 9 heteroatoms. The largest absolute Gasteiger partial charge is 0.488 e. The van der Waals surface area contributed by atoms with Gasteiger partial charge in [-0.05, 0) is 19.5 Å². The van der Waals surface area contributed by atoms with Crippen LogP contribution in [0, 0.1) is 0 Å². The number of rotatable bonds is 4. The second kappa shape index (κ2) is 4.34. The molecule has 0 atom stereocenters. The Hall–Kier alpha value is -0.855. The number of thioether (sulfide) groups is 1. The van der Waals surface area contributed by atoms with E-state index in [2.05, 4.69) is 10.2 Å². The molecule has 0 saturated heterocycles. The summed E-state index contributed by atoms with van der Waals surface area (Å²) in [6.07, 6.45) is 0. The SMILES string of the molecule is CC(C)n1c(SC[B-](F)(F)F)n[nH]c1=O. The van der Waals surface area contributed by atoms with Gasteiger partial charge in [-0.3, -0.25) is 4.57 Å². The number of hydrogen-bond acceptors (Lipinski definition) is 3. The van der Waals surface area contributed by atoms with Crippen LogP contribution in [0.1, 0.15) is 19.9 Å². The lowest BCUT2D eigenvalue weighted by atomic mass is 9.98. The van der Waals surface area contributed by atoms with E-state index in [0.717, 1.165) is 0 Å². The molecule has 0 aliphatic rings. The zero-order valence-electron chi connectivity index (χ0n) is 8.21. The van der Waals surface area contributed by atoms with E-state index in [4.69, 9.17) is 0 Å². The van der Waals surface area contributed by atoms with E-state index >= 15 is 0 Å². The Bertz CT molecular complexity index is 386. The molecule has 1 aromatic heterocycles. The standard InChI is InChI=1S/C6H10BF3N3OS/c1-4(2)13-5(14)11-12-6(13)15-3-7(8,9)10/h4H,3H2,1-2H3,(H,11,14)/q-1. The van der Waals surface area contributed by atoms with E-state index < -0.39 is 18.3 Å². The Morgan fingerprint density at radius 3 is 2.60 bits per heavy atom. The van der Waals surface area contributed by atoms with Crippen molar-refractivity contribution in [1.82, 2.24) is 14.8 Å². The molecule has 86 valence electrons. The normalized spacial score (nSPS) is 12.4. The van der Waals surface area contributed by atoms with Crippen molar-refractivity contribution in [2.45, 2.75) is 25.0 Å². The molecule has 0 aliphatic heterocycles. The van der Waals surface area contributed by atoms with Crippen molar-refractivity contribution in [2.75, 3.05) is 5.65 Å². The molecule has 0 fully saturated rings. The fourth-order valence-corrected chi connectivity index (χ4v) is 1.90. The third kappa shape index (κ3) is 3.33. The van der Waals surface area contributed by atoms with Crippen LogP contribution in [0.2, 0.25) is 0 Å². The summed E-state index contributed by atoms with van der Waals surface area (Å²) in [6.45, 7) is -1.45. The van der Waals surface area contributed by atoms with Gasteiger partial charge in [0.2, 0.25) is 0 Å². The first-order chi connectivity index (χ1) is 6.81. The predicted molar refractivity (Wildman–Crippen MR) is 53.0 cm³/mol. The highest BCUT2D eigenvalue weighted by atomic mass is 32.2. The van der Waals surface area contributed by atoms with Crippen molar-refractivity contribution < 1.29 is 12.9 Å². The van der Waals surface area contributed by atoms with Crippen molar-refractivity contribution in [3.63, 3.8) is 0 Å². The first-order valence-electron chi connectivity index (χ1n) is 4.32. The van der Waals surface area contributed by atoms with Gasteiger partial charge in [-0.15, -0.1) is 16.9 Å². The maximum absolute atomic E-state index is 12.0. The highest BCUT2D eigenvalue weighted by molar-refractivity contribution is 8.00. The summed E-state index contributed by atoms with van der Waals surface area (Å²) in [7, 11) is 0. The summed E-state index contributed by atoms with van der Waals surface area (Å²) < 4.78 is 37.2. The molecule has 0 unspecified atom stereocenters. The second-order valence-electron chi connectivity index (χ2n) is 3.30. The second-order valence-corrected chi connectivity index (χ2v) is 4.28. The number of nitrogens with one attached hydrogen (secondary N) is 1. The third-order valence-electron chi connectivity index (χ3n) is 1.59. The average molecular weight is 240 g/mol. The molecule has 1 N–H and O–H groups in total. The molecule has 0 spiro atoms. The zero-order chi connectivity index (χ0) is 11.6. The van der Waals surface area contributed by atoms with E-state index in [-0.39, 0.29) is 11.2 Å². The molecular weight excluding hydrogens is 230 g/mol. The van der Waals surface area contributed by atoms with Gasteiger partial charge in [0.1, 0.15) is 0 Å². The highest BCUT2D eigenvalue weighted by Gasteiger charge is 2.24. The predicted octanol–water partition coefficient (Wildman–Crippen LogP) is 1.63. The van der Waals surface area contributed by atoms with E-state index in [0.29, 0.717) is 11.8 Å². The van der Waals surface area contributed by atoms with Crippen molar-refractivity contribution in [2.24, 2.45) is 0 Å². The van der Waals surface area contributed by atoms with Crippen LogP contribution < -0.4 is 5.69 Å². The molecule has 0 saturated carbocycles. The smallest absolute Gasteiger partial charge is 0.448 e. The van der Waals surface area contributed by atoms with E-state index in [9.17, 15) is 17.7 Å². The van der Waals surface area contributed by atoms with Crippen LogP contribution in [0.25, 0.3) is 0 Å². The third-order valence-corrected chi connectivity index (χ3v) is 2.68. The van der Waals surface area contributed by atoms with Crippen LogP contribution in [0.3, 0.4) is 0 Å². The van der Waals surface area contributed by atoms with Gasteiger partial charge in [-0.1, -0.05) is 0 Å². The number of aromatic amines is 1. The number of halogens is 3. The molecule has 0 bridgehead atoms. The van der Waals surface area contributed by atoms with Crippen LogP contribution in [0.4, 0.5) is 12.9 Å². The van der Waals surface area contributed by atoms with Crippen LogP contribution in [-0.2, 0) is 0 Å². The van der Waals surface area contributed by atoms with Crippen LogP contribution in [-0.4, -0.2) is 27.4 Å². The van der Waals surface area contributed by atoms with Gasteiger partial charge >= 0.3 is 12.7 Å². The summed E-state index contributed by atoms with van der Waals surface area (Å²) in [5, 5.41) is 5.75. The molecule has 1 heterocycles. The van der Waals surface area contributed by atoms with Gasteiger partial charge < -0.3 is 12.9 Å². The fourth-order valence-electron chi connectivity index (χ4n) is 1.02. The van der Waals surface area contributed by atoms with Gasteiger partial charge in [0.25, 0.3) is 0 Å². The molecular formula is C6H10BF3N3OS-. The minimum Gasteiger partial charge on any atom is -0.448 e. The van der Waals surface area contributed by atoms with Gasteiger partial charge in [0.05, 0.1) is 0 Å². The quantitative estimate of drug-likeness (QED) is 0.642. The highest BCUT2D eigenvalue weighted by Crippen LogP contribution is 2.22. The number of nitrogens with zero attached hydrogens (tertiary/aromatic N) is 2. The van der Waals surface area contributed by atoms with Crippen LogP contribution >= 0.6 is 11.8 Å². The van der Waals surface area contributed by atoms with Gasteiger partial charge in [0.15, 0.2) is 5.16 Å². The fraction of sp³-hybridized carbons (Fsp3) is 0.667. The molecule has 0 amide bonds. The Kier molecular flexibility index (Phi) is 3.53. The van der Waals surface area contributed by atoms with Crippen molar-refractivity contribution in [3.8, 4) is 0 Å². The van der Waals surface area contributed by atoms with Gasteiger partial charge in [-0.2, -0.15) is 0 Å². The maximum atomic E-state index is 12.0. The molecule has 0 radical (unpaired) electrons. The number of H-pyrrole nitrogens is 1. The molecule has 0 aromatic carbocycles. The lowest BCUT2D eigenvalue weighted by Gasteiger charge is -2.13. The number of aromatic nitrogens is 3. The maximum Gasteiger partial charge on any atom is 0.488 e. The molecule has 1 rings (SSSR count).